The van der Waals surface area contributed by atoms with Gasteiger partial charge in [0.05, 0.1) is 12.8 Å². The quantitative estimate of drug-likeness (QED) is 0.828. The van der Waals surface area contributed by atoms with Crippen LogP contribution in [0.2, 0.25) is 0 Å². The lowest BCUT2D eigenvalue weighted by atomic mass is 10.2. The molecule has 0 bridgehead atoms. The van der Waals surface area contributed by atoms with E-state index in [1.807, 2.05) is 19.9 Å². The van der Waals surface area contributed by atoms with Crippen molar-refractivity contribution >= 4 is 17.5 Å². The molecule has 0 aromatic carbocycles. The predicted molar refractivity (Wildman–Crippen MR) is 71.5 cm³/mol. The molecule has 0 aliphatic heterocycles. The van der Waals surface area contributed by atoms with Crippen molar-refractivity contribution in [2.24, 2.45) is 0 Å². The number of methoxy groups -OCH3 is 1. The number of carbonyl (C=O) groups excluding carboxylic acids is 2. The molecule has 2 aromatic heterocycles. The van der Waals surface area contributed by atoms with E-state index < -0.39 is 5.97 Å². The fourth-order valence-corrected chi connectivity index (χ4v) is 2.01. The molecule has 0 aliphatic rings. The first-order valence-electron chi connectivity index (χ1n) is 6.12. The molecule has 7 heteroatoms. The van der Waals surface area contributed by atoms with Crippen LogP contribution >= 0.6 is 0 Å². The molecule has 0 fully saturated rings. The summed E-state index contributed by atoms with van der Waals surface area (Å²) in [5.41, 5.74) is 3.12. The van der Waals surface area contributed by atoms with Crippen LogP contribution in [-0.2, 0) is 9.53 Å². The van der Waals surface area contributed by atoms with Gasteiger partial charge >= 0.3 is 5.97 Å². The van der Waals surface area contributed by atoms with Gasteiger partial charge in [0.15, 0.2) is 5.65 Å². The second-order valence-corrected chi connectivity index (χ2v) is 4.49. The molecule has 2 aromatic rings. The average Bonchev–Trinajstić information content (AvgIpc) is 2.72. The smallest absolute Gasteiger partial charge is 0.325 e. The summed E-state index contributed by atoms with van der Waals surface area (Å²) in [6.07, 6.45) is 0. The van der Waals surface area contributed by atoms with E-state index in [0.29, 0.717) is 16.9 Å². The van der Waals surface area contributed by atoms with Crippen molar-refractivity contribution in [2.45, 2.75) is 20.8 Å². The third kappa shape index (κ3) is 2.47. The van der Waals surface area contributed by atoms with Gasteiger partial charge in [0.25, 0.3) is 5.91 Å². The maximum absolute atomic E-state index is 12.2. The highest BCUT2D eigenvalue weighted by molar-refractivity contribution is 6.02. The summed E-state index contributed by atoms with van der Waals surface area (Å²) < 4.78 is 6.10. The van der Waals surface area contributed by atoms with Crippen molar-refractivity contribution in [2.75, 3.05) is 13.7 Å². The number of hydrogen-bond acceptors (Lipinski definition) is 5. The molecule has 7 nitrogen and oxygen atoms in total. The van der Waals surface area contributed by atoms with Crippen LogP contribution in [0.1, 0.15) is 27.4 Å². The average molecular weight is 276 g/mol. The Morgan fingerprint density at radius 3 is 2.70 bits per heavy atom. The summed E-state index contributed by atoms with van der Waals surface area (Å²) in [4.78, 5) is 27.6. The van der Waals surface area contributed by atoms with Crippen molar-refractivity contribution in [1.29, 1.82) is 0 Å². The molecular weight excluding hydrogens is 260 g/mol. The van der Waals surface area contributed by atoms with E-state index in [4.69, 9.17) is 0 Å². The molecule has 106 valence electrons. The number of nitrogens with zero attached hydrogens (tertiary/aromatic N) is 3. The highest BCUT2D eigenvalue weighted by Gasteiger charge is 2.20. The normalized spacial score (nSPS) is 10.6. The molecule has 1 amide bonds. The molecule has 0 atom stereocenters. The second kappa shape index (κ2) is 5.28. The van der Waals surface area contributed by atoms with Gasteiger partial charge in [0.1, 0.15) is 12.1 Å². The Hall–Kier alpha value is -2.44. The minimum absolute atomic E-state index is 0.184. The zero-order valence-electron chi connectivity index (χ0n) is 11.9. The summed E-state index contributed by atoms with van der Waals surface area (Å²) in [6.45, 7) is 5.29. The van der Waals surface area contributed by atoms with Crippen LogP contribution in [0.25, 0.3) is 5.65 Å². The highest BCUT2D eigenvalue weighted by Crippen LogP contribution is 2.15. The van der Waals surface area contributed by atoms with Crippen molar-refractivity contribution in [1.82, 2.24) is 19.9 Å². The maximum atomic E-state index is 12.2. The summed E-state index contributed by atoms with van der Waals surface area (Å²) in [5, 5.41) is 6.80. The lowest BCUT2D eigenvalue weighted by molar-refractivity contribution is -0.139. The van der Waals surface area contributed by atoms with Crippen molar-refractivity contribution in [3.63, 3.8) is 0 Å². The summed E-state index contributed by atoms with van der Waals surface area (Å²) >= 11 is 0. The number of esters is 1. The first-order chi connectivity index (χ1) is 9.43. The van der Waals surface area contributed by atoms with E-state index in [2.05, 4.69) is 20.1 Å². The number of ether oxygens (including phenoxy) is 1. The van der Waals surface area contributed by atoms with E-state index in [1.54, 1.807) is 11.4 Å². The van der Waals surface area contributed by atoms with Crippen molar-refractivity contribution in [3.8, 4) is 0 Å². The molecule has 0 saturated heterocycles. The number of aromatic nitrogens is 3. The van der Waals surface area contributed by atoms with Gasteiger partial charge < -0.3 is 10.1 Å². The minimum Gasteiger partial charge on any atom is -0.468 e. The third-order valence-electron chi connectivity index (χ3n) is 2.92. The van der Waals surface area contributed by atoms with Gasteiger partial charge in [-0.2, -0.15) is 5.10 Å². The molecule has 1 N–H and O–H groups in total. The first-order valence-corrected chi connectivity index (χ1v) is 6.12. The van der Waals surface area contributed by atoms with Crippen LogP contribution in [0.4, 0.5) is 0 Å². The number of fused-ring (bicyclic) bond motifs is 1. The van der Waals surface area contributed by atoms with Gasteiger partial charge in [-0.3, -0.25) is 9.59 Å². The molecule has 0 aliphatic carbocycles. The number of amides is 1. The standard InChI is InChI=1S/C13H16N4O3/c1-7-5-8(2)17-12(15-7)11(9(3)16-17)13(19)14-6-10(18)20-4/h5H,6H2,1-4H3,(H,14,19). The second-order valence-electron chi connectivity index (χ2n) is 4.49. The lowest BCUT2D eigenvalue weighted by Crippen LogP contribution is -2.30. The monoisotopic (exact) mass is 276 g/mol. The predicted octanol–water partition coefficient (Wildman–Crippen LogP) is 0.557. The summed E-state index contributed by atoms with van der Waals surface area (Å²) in [5.74, 6) is -0.895. The Morgan fingerprint density at radius 2 is 2.05 bits per heavy atom. The fourth-order valence-electron chi connectivity index (χ4n) is 2.01. The van der Waals surface area contributed by atoms with E-state index in [0.717, 1.165) is 11.4 Å². The van der Waals surface area contributed by atoms with Gasteiger partial charge in [-0.15, -0.1) is 0 Å². The minimum atomic E-state index is -0.507. The molecule has 0 spiro atoms. The van der Waals surface area contributed by atoms with E-state index in [9.17, 15) is 9.59 Å². The molecule has 2 heterocycles. The number of rotatable bonds is 3. The Balaban J connectivity index is 2.41. The fraction of sp³-hybridized carbons (Fsp3) is 0.385. The molecule has 2 rings (SSSR count). The molecule has 20 heavy (non-hydrogen) atoms. The van der Waals surface area contributed by atoms with Gasteiger partial charge in [-0.1, -0.05) is 0 Å². The van der Waals surface area contributed by atoms with E-state index in [1.165, 1.54) is 7.11 Å². The van der Waals surface area contributed by atoms with E-state index >= 15 is 0 Å². The summed E-state index contributed by atoms with van der Waals surface area (Å²) in [7, 11) is 1.27. The van der Waals surface area contributed by atoms with Crippen LogP contribution < -0.4 is 5.32 Å². The molecule has 0 saturated carbocycles. The van der Waals surface area contributed by atoms with Gasteiger partial charge in [-0.05, 0) is 26.8 Å². The first kappa shape index (κ1) is 14.0. The Bertz CT molecular complexity index is 690. The Labute approximate surface area is 115 Å². The largest absolute Gasteiger partial charge is 0.468 e. The lowest BCUT2D eigenvalue weighted by Gasteiger charge is -2.04. The topological polar surface area (TPSA) is 85.6 Å². The number of hydrogen-bond donors (Lipinski definition) is 1. The SMILES string of the molecule is COC(=O)CNC(=O)c1c(C)nn2c(C)cc(C)nc12. The van der Waals surface area contributed by atoms with Crippen LogP contribution in [0, 0.1) is 20.8 Å². The maximum Gasteiger partial charge on any atom is 0.325 e. The number of aryl methyl sites for hydroxylation is 3. The van der Waals surface area contributed by atoms with Gasteiger partial charge in [0, 0.05) is 11.4 Å². The zero-order chi connectivity index (χ0) is 14.9. The van der Waals surface area contributed by atoms with Gasteiger partial charge in [0.2, 0.25) is 0 Å². The van der Waals surface area contributed by atoms with Gasteiger partial charge in [-0.25, -0.2) is 9.50 Å². The Morgan fingerprint density at radius 1 is 1.35 bits per heavy atom. The van der Waals surface area contributed by atoms with Crippen molar-refractivity contribution < 1.29 is 14.3 Å². The van der Waals surface area contributed by atoms with E-state index in [-0.39, 0.29) is 12.5 Å². The molecule has 0 unspecified atom stereocenters. The number of carbonyl (C=O) groups is 2. The zero-order valence-corrected chi connectivity index (χ0v) is 11.9. The van der Waals surface area contributed by atoms with Crippen molar-refractivity contribution in [3.05, 3.63) is 28.7 Å². The molecule has 0 radical (unpaired) electrons. The summed E-state index contributed by atoms with van der Waals surface area (Å²) in [6, 6.07) is 1.88. The molecular formula is C13H16N4O3. The van der Waals surface area contributed by atoms with Crippen LogP contribution in [0.3, 0.4) is 0 Å². The Kier molecular flexibility index (Phi) is 3.69. The van der Waals surface area contributed by atoms with Crippen LogP contribution in [0.5, 0.6) is 0 Å². The van der Waals surface area contributed by atoms with Crippen LogP contribution in [-0.4, -0.2) is 40.1 Å². The highest BCUT2D eigenvalue weighted by atomic mass is 16.5. The van der Waals surface area contributed by atoms with Crippen LogP contribution in [0.15, 0.2) is 6.07 Å². The third-order valence-corrected chi connectivity index (χ3v) is 2.92. The number of nitrogens with one attached hydrogen (secondary N) is 1.